The molecule has 1 unspecified atom stereocenters. The first-order valence-electron chi connectivity index (χ1n) is 3.22. The number of nitrogens with one attached hydrogen (secondary N) is 2. The molecular formula is C6H15N2. The molecule has 0 aromatic heterocycles. The average Bonchev–Trinajstić information content (AvgIpc) is 1.66. The van der Waals surface area contributed by atoms with Crippen LogP contribution in [0.25, 0.3) is 0 Å². The lowest BCUT2D eigenvalue weighted by atomic mass is 10.3. The fourth-order valence-corrected chi connectivity index (χ4v) is 0.495. The van der Waals surface area contributed by atoms with Gasteiger partial charge in [0.05, 0.1) is 6.17 Å². The maximum absolute atomic E-state index is 7.04. The van der Waals surface area contributed by atoms with Crippen molar-refractivity contribution >= 4 is 0 Å². The van der Waals surface area contributed by atoms with Crippen LogP contribution in [0.5, 0.6) is 0 Å². The number of hydrogen-bond donors (Lipinski definition) is 1. The molecule has 0 saturated carbocycles. The van der Waals surface area contributed by atoms with Crippen molar-refractivity contribution in [3.05, 3.63) is 0 Å². The third kappa shape index (κ3) is 5.92. The van der Waals surface area contributed by atoms with Gasteiger partial charge in [0, 0.05) is 0 Å². The van der Waals surface area contributed by atoms with E-state index in [0.29, 0.717) is 0 Å². The molecule has 0 fully saturated rings. The summed E-state index contributed by atoms with van der Waals surface area (Å²) < 4.78 is 0. The maximum atomic E-state index is 7.04. The van der Waals surface area contributed by atoms with E-state index in [9.17, 15) is 0 Å². The second kappa shape index (κ2) is 5.06. The quantitative estimate of drug-likeness (QED) is 0.545. The Bertz CT molecular complexity index is 43.8. The zero-order chi connectivity index (χ0) is 6.41. The van der Waals surface area contributed by atoms with Gasteiger partial charge in [-0.1, -0.05) is 13.3 Å². The first kappa shape index (κ1) is 7.92. The minimum absolute atomic E-state index is 0.0958. The van der Waals surface area contributed by atoms with Gasteiger partial charge < -0.3 is 5.32 Å². The lowest BCUT2D eigenvalue weighted by Gasteiger charge is -2.04. The fourth-order valence-electron chi connectivity index (χ4n) is 0.495. The molecule has 0 rings (SSSR count). The van der Waals surface area contributed by atoms with Crippen LogP contribution in [-0.4, -0.2) is 12.7 Å². The summed E-state index contributed by atoms with van der Waals surface area (Å²) in [5.74, 6) is 0. The molecule has 1 atom stereocenters. The van der Waals surface area contributed by atoms with Crippen molar-refractivity contribution in [2.75, 3.05) is 6.54 Å². The Labute approximate surface area is 51.5 Å². The van der Waals surface area contributed by atoms with Crippen molar-refractivity contribution < 1.29 is 0 Å². The summed E-state index contributed by atoms with van der Waals surface area (Å²) >= 11 is 0. The van der Waals surface area contributed by atoms with E-state index in [1.165, 1.54) is 12.8 Å². The molecule has 2 heteroatoms. The van der Waals surface area contributed by atoms with Crippen molar-refractivity contribution in [1.29, 1.82) is 0 Å². The maximum Gasteiger partial charge on any atom is 0.0676 e. The molecule has 8 heavy (non-hydrogen) atoms. The van der Waals surface area contributed by atoms with E-state index >= 15 is 0 Å². The summed E-state index contributed by atoms with van der Waals surface area (Å²) in [5.41, 5.74) is 7.04. The van der Waals surface area contributed by atoms with Gasteiger partial charge in [-0.15, -0.1) is 0 Å². The Hall–Kier alpha value is -0.0800. The van der Waals surface area contributed by atoms with Crippen LogP contribution < -0.4 is 11.1 Å². The Balaban J connectivity index is 2.72. The second-order valence-electron chi connectivity index (χ2n) is 2.03. The van der Waals surface area contributed by atoms with Crippen LogP contribution >= 0.6 is 0 Å². The third-order valence-electron chi connectivity index (χ3n) is 0.981. The highest BCUT2D eigenvalue weighted by molar-refractivity contribution is 4.48. The lowest BCUT2D eigenvalue weighted by Crippen LogP contribution is -2.27. The Kier molecular flexibility index (Phi) is 5.01. The van der Waals surface area contributed by atoms with Crippen LogP contribution in [0.2, 0.25) is 0 Å². The summed E-state index contributed by atoms with van der Waals surface area (Å²) in [7, 11) is 0. The molecule has 0 aliphatic rings. The molecule has 0 bridgehead atoms. The first-order valence-corrected chi connectivity index (χ1v) is 3.22. The number of hydrogen-bond acceptors (Lipinski definition) is 1. The molecule has 2 nitrogen and oxygen atoms in total. The molecule has 0 spiro atoms. The Morgan fingerprint density at radius 2 is 2.25 bits per heavy atom. The topological polar surface area (TPSA) is 35.8 Å². The van der Waals surface area contributed by atoms with E-state index in [-0.39, 0.29) is 6.17 Å². The predicted octanol–water partition coefficient (Wildman–Crippen LogP) is 1.00. The van der Waals surface area contributed by atoms with E-state index < -0.39 is 0 Å². The molecule has 0 aliphatic heterocycles. The van der Waals surface area contributed by atoms with Crippen LogP contribution in [0.3, 0.4) is 0 Å². The van der Waals surface area contributed by atoms with Gasteiger partial charge >= 0.3 is 0 Å². The Morgan fingerprint density at radius 3 is 2.62 bits per heavy atom. The van der Waals surface area contributed by atoms with Gasteiger partial charge in [0.25, 0.3) is 0 Å². The molecule has 0 amide bonds. The largest absolute Gasteiger partial charge is 0.301 e. The van der Waals surface area contributed by atoms with Crippen molar-refractivity contribution in [3.63, 3.8) is 0 Å². The first-order chi connectivity index (χ1) is 3.77. The van der Waals surface area contributed by atoms with Crippen LogP contribution in [0.4, 0.5) is 0 Å². The standard InChI is InChI=1S/C6H15N2/c1-3-4-5-8-6(2)7/h6-8H,3-5H2,1-2H3. The van der Waals surface area contributed by atoms with Gasteiger partial charge in [-0.05, 0) is 19.9 Å². The highest BCUT2D eigenvalue weighted by Gasteiger charge is 1.88. The fraction of sp³-hybridized carbons (Fsp3) is 1.00. The molecule has 0 heterocycles. The smallest absolute Gasteiger partial charge is 0.0676 e. The molecule has 0 aromatic rings. The SMILES string of the molecule is CCCCNC(C)[NH]. The van der Waals surface area contributed by atoms with Crippen LogP contribution in [0, 0.1) is 0 Å². The van der Waals surface area contributed by atoms with Crippen LogP contribution in [0.1, 0.15) is 26.7 Å². The van der Waals surface area contributed by atoms with E-state index in [0.717, 1.165) is 6.54 Å². The van der Waals surface area contributed by atoms with Crippen molar-refractivity contribution in [2.24, 2.45) is 0 Å². The zero-order valence-electron chi connectivity index (χ0n) is 5.70. The molecule has 2 N–H and O–H groups in total. The summed E-state index contributed by atoms with van der Waals surface area (Å²) in [6.07, 6.45) is 2.30. The van der Waals surface area contributed by atoms with Crippen molar-refractivity contribution in [1.82, 2.24) is 11.1 Å². The summed E-state index contributed by atoms with van der Waals surface area (Å²) in [6, 6.07) is 0. The van der Waals surface area contributed by atoms with Gasteiger partial charge in [0.2, 0.25) is 0 Å². The van der Waals surface area contributed by atoms with Crippen molar-refractivity contribution in [3.8, 4) is 0 Å². The van der Waals surface area contributed by atoms with Gasteiger partial charge in [-0.25, -0.2) is 5.73 Å². The zero-order valence-corrected chi connectivity index (χ0v) is 5.70. The number of rotatable bonds is 4. The monoisotopic (exact) mass is 115 g/mol. The van der Waals surface area contributed by atoms with E-state index in [1.807, 2.05) is 6.92 Å². The average molecular weight is 115 g/mol. The molecule has 1 radical (unpaired) electrons. The lowest BCUT2D eigenvalue weighted by molar-refractivity contribution is 0.537. The van der Waals surface area contributed by atoms with E-state index in [4.69, 9.17) is 5.73 Å². The van der Waals surface area contributed by atoms with E-state index in [1.54, 1.807) is 0 Å². The molecular weight excluding hydrogens is 100 g/mol. The second-order valence-corrected chi connectivity index (χ2v) is 2.03. The van der Waals surface area contributed by atoms with Gasteiger partial charge in [-0.3, -0.25) is 0 Å². The molecule has 0 aromatic carbocycles. The van der Waals surface area contributed by atoms with E-state index in [2.05, 4.69) is 12.2 Å². The minimum Gasteiger partial charge on any atom is -0.301 e. The van der Waals surface area contributed by atoms with Crippen LogP contribution in [-0.2, 0) is 0 Å². The predicted molar refractivity (Wildman–Crippen MR) is 35.5 cm³/mol. The highest BCUT2D eigenvalue weighted by Crippen LogP contribution is 1.82. The van der Waals surface area contributed by atoms with Crippen molar-refractivity contribution in [2.45, 2.75) is 32.9 Å². The van der Waals surface area contributed by atoms with Crippen LogP contribution in [0.15, 0.2) is 0 Å². The number of unbranched alkanes of at least 4 members (excludes halogenated alkanes) is 1. The molecule has 0 saturated heterocycles. The van der Waals surface area contributed by atoms with Gasteiger partial charge in [0.1, 0.15) is 0 Å². The molecule has 0 aliphatic carbocycles. The minimum atomic E-state index is -0.0958. The summed E-state index contributed by atoms with van der Waals surface area (Å²) in [5, 5.41) is 3.01. The normalized spacial score (nSPS) is 13.9. The Morgan fingerprint density at radius 1 is 1.62 bits per heavy atom. The van der Waals surface area contributed by atoms with Gasteiger partial charge in [0.15, 0.2) is 0 Å². The third-order valence-corrected chi connectivity index (χ3v) is 0.981. The van der Waals surface area contributed by atoms with Gasteiger partial charge in [-0.2, -0.15) is 0 Å². The highest BCUT2D eigenvalue weighted by atomic mass is 15.0. The summed E-state index contributed by atoms with van der Waals surface area (Å²) in [4.78, 5) is 0. The summed E-state index contributed by atoms with van der Waals surface area (Å²) in [6.45, 7) is 4.98. The molecule has 49 valence electrons.